The molecule has 2 aromatic heterocycles. The van der Waals surface area contributed by atoms with Crippen molar-refractivity contribution < 1.29 is 0 Å². The third-order valence-electron chi connectivity index (χ3n) is 3.34. The van der Waals surface area contributed by atoms with Crippen molar-refractivity contribution in [2.75, 3.05) is 7.05 Å². The van der Waals surface area contributed by atoms with Gasteiger partial charge in [0.05, 0.1) is 6.54 Å². The van der Waals surface area contributed by atoms with Crippen molar-refractivity contribution in [3.63, 3.8) is 0 Å². The number of nitrogens with zero attached hydrogens (tertiary/aromatic N) is 4. The Morgan fingerprint density at radius 1 is 1.26 bits per heavy atom. The van der Waals surface area contributed by atoms with Crippen LogP contribution >= 0.6 is 0 Å². The highest BCUT2D eigenvalue weighted by Gasteiger charge is 2.06. The zero-order chi connectivity index (χ0) is 13.2. The molecular weight excluding hydrogens is 238 g/mol. The van der Waals surface area contributed by atoms with E-state index in [1.165, 1.54) is 16.5 Å². The van der Waals surface area contributed by atoms with Crippen molar-refractivity contribution >= 4 is 10.9 Å². The molecule has 0 aliphatic rings. The molecular formula is C14H17N5. The molecule has 1 N–H and O–H groups in total. The fourth-order valence-electron chi connectivity index (χ4n) is 2.28. The van der Waals surface area contributed by atoms with Crippen molar-refractivity contribution in [3.8, 4) is 0 Å². The molecule has 1 aromatic carbocycles. The van der Waals surface area contributed by atoms with E-state index in [9.17, 15) is 0 Å². The highest BCUT2D eigenvalue weighted by molar-refractivity contribution is 5.80. The molecule has 0 saturated carbocycles. The first-order chi connectivity index (χ1) is 9.28. The van der Waals surface area contributed by atoms with E-state index in [1.807, 2.05) is 18.7 Å². The van der Waals surface area contributed by atoms with Crippen LogP contribution in [0.15, 0.2) is 36.8 Å². The predicted molar refractivity (Wildman–Crippen MR) is 74.8 cm³/mol. The van der Waals surface area contributed by atoms with Gasteiger partial charge in [0.25, 0.3) is 0 Å². The minimum Gasteiger partial charge on any atom is -0.340 e. The summed E-state index contributed by atoms with van der Waals surface area (Å²) in [5, 5.41) is 12.5. The normalized spacial score (nSPS) is 11.3. The van der Waals surface area contributed by atoms with Crippen molar-refractivity contribution in [1.29, 1.82) is 0 Å². The number of aryl methyl sites for hydroxylation is 1. The lowest BCUT2D eigenvalue weighted by Crippen LogP contribution is -2.06. The van der Waals surface area contributed by atoms with Crippen LogP contribution in [0.25, 0.3) is 10.9 Å². The van der Waals surface area contributed by atoms with Gasteiger partial charge in [0, 0.05) is 25.3 Å². The average molecular weight is 255 g/mol. The van der Waals surface area contributed by atoms with Gasteiger partial charge in [0.15, 0.2) is 5.82 Å². The quantitative estimate of drug-likeness (QED) is 0.769. The van der Waals surface area contributed by atoms with Gasteiger partial charge in [-0.2, -0.15) is 0 Å². The maximum Gasteiger partial charge on any atom is 0.152 e. The maximum atomic E-state index is 4.14. The monoisotopic (exact) mass is 255 g/mol. The molecule has 0 saturated heterocycles. The van der Waals surface area contributed by atoms with Gasteiger partial charge in [-0.3, -0.25) is 0 Å². The number of fused-ring (bicyclic) bond motifs is 1. The summed E-state index contributed by atoms with van der Waals surface area (Å²) < 4.78 is 4.15. The Balaban J connectivity index is 1.99. The van der Waals surface area contributed by atoms with E-state index < -0.39 is 0 Å². The molecule has 0 amide bonds. The minimum absolute atomic E-state index is 0.739. The zero-order valence-corrected chi connectivity index (χ0v) is 11.2. The summed E-state index contributed by atoms with van der Waals surface area (Å²) in [6.07, 6.45) is 3.83. The van der Waals surface area contributed by atoms with Gasteiger partial charge < -0.3 is 14.5 Å². The Kier molecular flexibility index (Phi) is 3.05. The molecule has 0 radical (unpaired) electrons. The van der Waals surface area contributed by atoms with Crippen LogP contribution in [-0.2, 0) is 20.1 Å². The first-order valence-electron chi connectivity index (χ1n) is 6.33. The zero-order valence-electron chi connectivity index (χ0n) is 11.2. The SMILES string of the molecule is CNCc1ccc2ccn(Cc3nncn3C)c2c1. The Labute approximate surface area is 111 Å². The molecule has 98 valence electrons. The summed E-state index contributed by atoms with van der Waals surface area (Å²) in [6.45, 7) is 1.62. The second kappa shape index (κ2) is 4.85. The summed E-state index contributed by atoms with van der Waals surface area (Å²) in [5.74, 6) is 0.955. The topological polar surface area (TPSA) is 47.7 Å². The molecule has 0 atom stereocenters. The van der Waals surface area contributed by atoms with Gasteiger partial charge in [-0.15, -0.1) is 10.2 Å². The van der Waals surface area contributed by atoms with E-state index in [4.69, 9.17) is 0 Å². The lowest BCUT2D eigenvalue weighted by molar-refractivity contribution is 0.715. The lowest BCUT2D eigenvalue weighted by atomic mass is 10.1. The standard InChI is InChI=1S/C14H17N5/c1-15-8-11-3-4-12-5-6-19(13(12)7-11)9-14-17-16-10-18(14)2/h3-7,10,15H,8-9H2,1-2H3. The van der Waals surface area contributed by atoms with Crippen LogP contribution in [0.5, 0.6) is 0 Å². The highest BCUT2D eigenvalue weighted by atomic mass is 15.3. The Hall–Kier alpha value is -2.14. The van der Waals surface area contributed by atoms with E-state index in [2.05, 4.69) is 50.5 Å². The molecule has 0 aliphatic carbocycles. The molecule has 2 heterocycles. The van der Waals surface area contributed by atoms with Gasteiger partial charge in [-0.05, 0) is 30.1 Å². The Bertz CT molecular complexity index is 695. The maximum absolute atomic E-state index is 4.14. The van der Waals surface area contributed by atoms with E-state index in [1.54, 1.807) is 6.33 Å². The van der Waals surface area contributed by atoms with Gasteiger partial charge in [0.2, 0.25) is 0 Å². The molecule has 3 rings (SSSR count). The molecule has 5 heteroatoms. The second-order valence-corrected chi connectivity index (χ2v) is 4.73. The Morgan fingerprint density at radius 3 is 2.89 bits per heavy atom. The van der Waals surface area contributed by atoms with E-state index in [-0.39, 0.29) is 0 Å². The fraction of sp³-hybridized carbons (Fsp3) is 0.286. The van der Waals surface area contributed by atoms with E-state index in [0.29, 0.717) is 0 Å². The molecule has 0 unspecified atom stereocenters. The predicted octanol–water partition coefficient (Wildman–Crippen LogP) is 1.54. The van der Waals surface area contributed by atoms with Gasteiger partial charge >= 0.3 is 0 Å². The van der Waals surface area contributed by atoms with E-state index in [0.717, 1.165) is 18.9 Å². The molecule has 0 fully saturated rings. The van der Waals surface area contributed by atoms with Crippen LogP contribution in [0.4, 0.5) is 0 Å². The van der Waals surface area contributed by atoms with Crippen molar-refractivity contribution in [2.45, 2.75) is 13.1 Å². The molecule has 0 aliphatic heterocycles. The summed E-state index contributed by atoms with van der Waals surface area (Å²) in [6, 6.07) is 8.68. The molecule has 0 spiro atoms. The number of rotatable bonds is 4. The van der Waals surface area contributed by atoms with Gasteiger partial charge in [0.1, 0.15) is 6.33 Å². The summed E-state index contributed by atoms with van der Waals surface area (Å²) >= 11 is 0. The minimum atomic E-state index is 0.739. The number of aromatic nitrogens is 4. The molecule has 0 bridgehead atoms. The summed E-state index contributed by atoms with van der Waals surface area (Å²) in [7, 11) is 3.93. The second-order valence-electron chi connectivity index (χ2n) is 4.73. The van der Waals surface area contributed by atoms with Crippen LogP contribution in [0.3, 0.4) is 0 Å². The van der Waals surface area contributed by atoms with E-state index >= 15 is 0 Å². The first kappa shape index (κ1) is 11.9. The number of hydrogen-bond donors (Lipinski definition) is 1. The first-order valence-corrected chi connectivity index (χ1v) is 6.33. The highest BCUT2D eigenvalue weighted by Crippen LogP contribution is 2.18. The van der Waals surface area contributed by atoms with Crippen LogP contribution in [0, 0.1) is 0 Å². The van der Waals surface area contributed by atoms with Crippen LogP contribution in [0.2, 0.25) is 0 Å². The van der Waals surface area contributed by atoms with Crippen LogP contribution in [-0.4, -0.2) is 26.4 Å². The number of nitrogens with one attached hydrogen (secondary N) is 1. The third kappa shape index (κ3) is 2.24. The molecule has 19 heavy (non-hydrogen) atoms. The summed E-state index contributed by atoms with van der Waals surface area (Å²) in [4.78, 5) is 0. The molecule has 5 nitrogen and oxygen atoms in total. The lowest BCUT2D eigenvalue weighted by Gasteiger charge is -2.06. The van der Waals surface area contributed by atoms with Crippen molar-refractivity contribution in [3.05, 3.63) is 48.2 Å². The average Bonchev–Trinajstić information content (AvgIpc) is 2.98. The fourth-order valence-corrected chi connectivity index (χ4v) is 2.28. The van der Waals surface area contributed by atoms with Crippen molar-refractivity contribution in [1.82, 2.24) is 24.6 Å². The Morgan fingerprint density at radius 2 is 2.16 bits per heavy atom. The van der Waals surface area contributed by atoms with Crippen LogP contribution in [0.1, 0.15) is 11.4 Å². The van der Waals surface area contributed by atoms with Crippen LogP contribution < -0.4 is 5.32 Å². The summed E-state index contributed by atoms with van der Waals surface area (Å²) in [5.41, 5.74) is 2.52. The largest absolute Gasteiger partial charge is 0.340 e. The van der Waals surface area contributed by atoms with Crippen molar-refractivity contribution in [2.24, 2.45) is 7.05 Å². The number of benzene rings is 1. The number of hydrogen-bond acceptors (Lipinski definition) is 3. The molecule has 3 aromatic rings. The third-order valence-corrected chi connectivity index (χ3v) is 3.34. The van der Waals surface area contributed by atoms with Gasteiger partial charge in [-0.25, -0.2) is 0 Å². The van der Waals surface area contributed by atoms with Gasteiger partial charge in [-0.1, -0.05) is 12.1 Å². The smallest absolute Gasteiger partial charge is 0.152 e.